The molecule has 32 heavy (non-hydrogen) atoms. The summed E-state index contributed by atoms with van der Waals surface area (Å²) in [6.45, 7) is 5.66. The lowest BCUT2D eigenvalue weighted by Gasteiger charge is -2.18. The Morgan fingerprint density at radius 2 is 1.69 bits per heavy atom. The van der Waals surface area contributed by atoms with Crippen molar-refractivity contribution in [1.29, 1.82) is 0 Å². The van der Waals surface area contributed by atoms with Gasteiger partial charge in [0.15, 0.2) is 5.96 Å². The van der Waals surface area contributed by atoms with Crippen molar-refractivity contribution in [3.8, 4) is 28.7 Å². The van der Waals surface area contributed by atoms with Gasteiger partial charge in [-0.15, -0.1) is 0 Å². The lowest BCUT2D eigenvalue weighted by molar-refractivity contribution is 0.254. The van der Waals surface area contributed by atoms with Crippen LogP contribution in [0.1, 0.15) is 30.5 Å². The maximum Gasteiger partial charge on any atom is 0.191 e. The monoisotopic (exact) mass is 443 g/mol. The van der Waals surface area contributed by atoms with Crippen molar-refractivity contribution in [2.75, 3.05) is 35.0 Å². The summed E-state index contributed by atoms with van der Waals surface area (Å²) >= 11 is 0. The summed E-state index contributed by atoms with van der Waals surface area (Å²) < 4.78 is 28.2. The van der Waals surface area contributed by atoms with E-state index in [1.165, 1.54) is 5.56 Å². The van der Waals surface area contributed by atoms with Crippen molar-refractivity contribution in [3.63, 3.8) is 0 Å². The van der Waals surface area contributed by atoms with Crippen molar-refractivity contribution in [3.05, 3.63) is 41.0 Å². The van der Waals surface area contributed by atoms with Gasteiger partial charge in [-0.05, 0) is 26.0 Å². The number of aliphatic imine (C=N–C) groups is 1. The van der Waals surface area contributed by atoms with Crippen LogP contribution in [-0.4, -0.2) is 47.0 Å². The van der Waals surface area contributed by atoms with Gasteiger partial charge in [0.05, 0.1) is 40.0 Å². The van der Waals surface area contributed by atoms with Gasteiger partial charge in [0.2, 0.25) is 0 Å². The van der Waals surface area contributed by atoms with Crippen molar-refractivity contribution in [1.82, 2.24) is 10.6 Å². The van der Waals surface area contributed by atoms with Crippen LogP contribution in [0, 0.1) is 0 Å². The lowest BCUT2D eigenvalue weighted by atomic mass is 10.1. The average molecular weight is 444 g/mol. The first-order chi connectivity index (χ1) is 15.5. The molecule has 0 spiro atoms. The topological polar surface area (TPSA) is 82.6 Å². The van der Waals surface area contributed by atoms with Gasteiger partial charge in [0.25, 0.3) is 0 Å². The van der Waals surface area contributed by atoms with E-state index in [4.69, 9.17) is 23.7 Å². The zero-order valence-electron chi connectivity index (χ0n) is 19.7. The normalized spacial score (nSPS) is 14.9. The van der Waals surface area contributed by atoms with Crippen LogP contribution in [0.5, 0.6) is 28.7 Å². The fraction of sp³-hybridized carbons (Fsp3) is 0.458. The van der Waals surface area contributed by atoms with Crippen LogP contribution in [0.3, 0.4) is 0 Å². The minimum Gasteiger partial charge on any atom is -0.496 e. The fourth-order valence-corrected chi connectivity index (χ4v) is 3.73. The highest BCUT2D eigenvalue weighted by atomic mass is 16.5. The minimum absolute atomic E-state index is 0.187. The van der Waals surface area contributed by atoms with Gasteiger partial charge in [-0.25, -0.2) is 0 Å². The van der Waals surface area contributed by atoms with Gasteiger partial charge in [0.1, 0.15) is 34.9 Å². The Morgan fingerprint density at radius 1 is 1.00 bits per heavy atom. The molecule has 2 N–H and O–H groups in total. The van der Waals surface area contributed by atoms with Crippen molar-refractivity contribution in [2.45, 2.75) is 39.5 Å². The summed E-state index contributed by atoms with van der Waals surface area (Å²) in [7, 11) is 6.58. The molecule has 1 aliphatic heterocycles. The molecule has 1 atom stereocenters. The zero-order valence-corrected chi connectivity index (χ0v) is 19.7. The molecular formula is C24H33N3O5. The molecule has 0 saturated carbocycles. The van der Waals surface area contributed by atoms with E-state index >= 15 is 0 Å². The van der Waals surface area contributed by atoms with Gasteiger partial charge in [-0.1, -0.05) is 0 Å². The summed E-state index contributed by atoms with van der Waals surface area (Å²) in [5.41, 5.74) is 3.07. The fourth-order valence-electron chi connectivity index (χ4n) is 3.73. The first-order valence-electron chi connectivity index (χ1n) is 10.7. The molecule has 1 unspecified atom stereocenters. The Kier molecular flexibility index (Phi) is 7.92. The minimum atomic E-state index is 0.187. The Bertz CT molecular complexity index is 936. The van der Waals surface area contributed by atoms with Crippen LogP contribution < -0.4 is 34.3 Å². The molecule has 0 aliphatic carbocycles. The molecule has 0 radical (unpaired) electrons. The third-order valence-corrected chi connectivity index (χ3v) is 5.30. The number of ether oxygens (including phenoxy) is 5. The van der Waals surface area contributed by atoms with Gasteiger partial charge >= 0.3 is 0 Å². The number of hydrogen-bond acceptors (Lipinski definition) is 6. The molecule has 0 fully saturated rings. The lowest BCUT2D eigenvalue weighted by Crippen LogP contribution is -2.36. The second-order valence-corrected chi connectivity index (χ2v) is 7.42. The molecular weight excluding hydrogens is 410 g/mol. The van der Waals surface area contributed by atoms with Crippen molar-refractivity contribution >= 4 is 5.96 Å². The number of benzene rings is 2. The zero-order chi connectivity index (χ0) is 23.1. The smallest absolute Gasteiger partial charge is 0.191 e. The summed E-state index contributed by atoms with van der Waals surface area (Å²) in [4.78, 5) is 4.34. The number of methoxy groups -OCH3 is 3. The molecule has 1 heterocycles. The van der Waals surface area contributed by atoms with Crippen LogP contribution in [0.15, 0.2) is 29.3 Å². The Balaban J connectivity index is 1.71. The highest BCUT2D eigenvalue weighted by Crippen LogP contribution is 2.35. The van der Waals surface area contributed by atoms with E-state index in [-0.39, 0.29) is 6.10 Å². The van der Waals surface area contributed by atoms with Gasteiger partial charge in [-0.3, -0.25) is 4.99 Å². The maximum absolute atomic E-state index is 5.92. The summed E-state index contributed by atoms with van der Waals surface area (Å²) in [5.74, 6) is 4.45. The molecule has 8 heteroatoms. The van der Waals surface area contributed by atoms with Crippen molar-refractivity contribution in [2.24, 2.45) is 4.99 Å². The highest BCUT2D eigenvalue weighted by Gasteiger charge is 2.22. The largest absolute Gasteiger partial charge is 0.496 e. The third kappa shape index (κ3) is 5.30. The molecule has 0 bridgehead atoms. The maximum atomic E-state index is 5.92. The summed E-state index contributed by atoms with van der Waals surface area (Å²) in [6, 6.07) is 7.80. The SMILES string of the molecule is CCOc1cc2c(cc1CNC(=NC)NCc1c(OC)cc(OC)cc1OC)OC(C)C2. The first kappa shape index (κ1) is 23.4. The third-order valence-electron chi connectivity index (χ3n) is 5.30. The second-order valence-electron chi connectivity index (χ2n) is 7.42. The predicted molar refractivity (Wildman–Crippen MR) is 125 cm³/mol. The van der Waals surface area contributed by atoms with E-state index in [2.05, 4.69) is 34.7 Å². The Hall–Kier alpha value is -3.29. The molecule has 1 aliphatic rings. The molecule has 174 valence electrons. The number of rotatable bonds is 9. The van der Waals surface area contributed by atoms with Crippen LogP contribution in [0.4, 0.5) is 0 Å². The average Bonchev–Trinajstić information content (AvgIpc) is 3.17. The molecule has 0 amide bonds. The standard InChI is InChI=1S/C24H33N3O5/c1-7-31-20-9-16-8-15(2)32-21(16)10-17(20)13-26-24(25-3)27-14-19-22(29-5)11-18(28-4)12-23(19)30-6/h9-12,15H,7-8,13-14H2,1-6H3,(H2,25,26,27). The van der Waals surface area contributed by atoms with Crippen LogP contribution in [0.25, 0.3) is 0 Å². The van der Waals surface area contributed by atoms with Crippen LogP contribution in [-0.2, 0) is 19.5 Å². The summed E-state index contributed by atoms with van der Waals surface area (Å²) in [6.07, 6.45) is 1.09. The predicted octanol–water partition coefficient (Wildman–Crippen LogP) is 3.30. The second kappa shape index (κ2) is 10.8. The highest BCUT2D eigenvalue weighted by molar-refractivity contribution is 5.80. The van der Waals surface area contributed by atoms with Gasteiger partial charge in [-0.2, -0.15) is 0 Å². The summed E-state index contributed by atoms with van der Waals surface area (Å²) in [5, 5.41) is 6.67. The Morgan fingerprint density at radius 3 is 2.28 bits per heavy atom. The Labute approximate surface area is 189 Å². The van der Waals surface area contributed by atoms with E-state index in [0.717, 1.165) is 29.0 Å². The van der Waals surface area contributed by atoms with Crippen molar-refractivity contribution < 1.29 is 23.7 Å². The van der Waals surface area contributed by atoms with E-state index in [1.54, 1.807) is 28.4 Å². The number of guanidine groups is 1. The molecule has 0 aromatic heterocycles. The van der Waals surface area contributed by atoms with Gasteiger partial charge < -0.3 is 34.3 Å². The number of fused-ring (bicyclic) bond motifs is 1. The number of nitrogens with one attached hydrogen (secondary N) is 2. The molecule has 3 rings (SSSR count). The van der Waals surface area contributed by atoms with Gasteiger partial charge in [0, 0.05) is 43.3 Å². The van der Waals surface area contributed by atoms with E-state index < -0.39 is 0 Å². The van der Waals surface area contributed by atoms with Crippen LogP contribution >= 0.6 is 0 Å². The molecule has 2 aromatic rings. The van der Waals surface area contributed by atoms with E-state index in [1.807, 2.05) is 19.1 Å². The quantitative estimate of drug-likeness (QED) is 0.455. The molecule has 0 saturated heterocycles. The number of hydrogen-bond donors (Lipinski definition) is 2. The molecule has 2 aromatic carbocycles. The number of nitrogens with zero attached hydrogens (tertiary/aromatic N) is 1. The van der Waals surface area contributed by atoms with E-state index in [0.29, 0.717) is 42.9 Å². The molecule has 8 nitrogen and oxygen atoms in total. The van der Waals surface area contributed by atoms with Crippen LogP contribution in [0.2, 0.25) is 0 Å². The first-order valence-corrected chi connectivity index (χ1v) is 10.7. The van der Waals surface area contributed by atoms with E-state index in [9.17, 15) is 0 Å².